The normalized spacial score (nSPS) is 23.8. The van der Waals surface area contributed by atoms with Crippen molar-refractivity contribution < 1.29 is 8.42 Å². The highest BCUT2D eigenvalue weighted by Crippen LogP contribution is 2.28. The Kier molecular flexibility index (Phi) is 5.31. The molecule has 3 N–H and O–H groups in total. The predicted molar refractivity (Wildman–Crippen MR) is 81.6 cm³/mol. The van der Waals surface area contributed by atoms with Crippen molar-refractivity contribution in [3.63, 3.8) is 0 Å². The molecule has 0 amide bonds. The third kappa shape index (κ3) is 3.65. The van der Waals surface area contributed by atoms with Crippen LogP contribution >= 0.6 is 23.2 Å². The Morgan fingerprint density at radius 3 is 2.60 bits per heavy atom. The van der Waals surface area contributed by atoms with Gasteiger partial charge in [-0.25, -0.2) is 13.1 Å². The summed E-state index contributed by atoms with van der Waals surface area (Å²) in [6.45, 7) is 0.488. The molecule has 0 saturated heterocycles. The van der Waals surface area contributed by atoms with E-state index in [0.29, 0.717) is 11.6 Å². The number of hydrogen-bond acceptors (Lipinski definition) is 3. The molecule has 2 rings (SSSR count). The first-order chi connectivity index (χ1) is 9.44. The van der Waals surface area contributed by atoms with Gasteiger partial charge >= 0.3 is 0 Å². The minimum atomic E-state index is -3.65. The second-order valence-electron chi connectivity index (χ2n) is 5.08. The van der Waals surface area contributed by atoms with E-state index >= 15 is 0 Å². The summed E-state index contributed by atoms with van der Waals surface area (Å²) >= 11 is 11.8. The molecule has 7 heteroatoms. The molecule has 0 aromatic heterocycles. The van der Waals surface area contributed by atoms with Crippen LogP contribution < -0.4 is 10.5 Å². The highest BCUT2D eigenvalue weighted by molar-refractivity contribution is 7.89. The summed E-state index contributed by atoms with van der Waals surface area (Å²) in [7, 11) is -3.65. The Labute approximate surface area is 129 Å². The van der Waals surface area contributed by atoms with Crippen LogP contribution in [0.1, 0.15) is 25.7 Å². The summed E-state index contributed by atoms with van der Waals surface area (Å²) in [5, 5.41) is 0.538. The van der Waals surface area contributed by atoms with E-state index in [-0.39, 0.29) is 21.9 Å². The van der Waals surface area contributed by atoms with Crippen molar-refractivity contribution in [3.05, 3.63) is 28.2 Å². The molecule has 1 aromatic rings. The molecule has 4 nitrogen and oxygen atoms in total. The molecule has 1 fully saturated rings. The number of sulfonamides is 1. The summed E-state index contributed by atoms with van der Waals surface area (Å²) in [6, 6.07) is 4.25. The van der Waals surface area contributed by atoms with Crippen molar-refractivity contribution in [2.75, 3.05) is 6.54 Å². The fraction of sp³-hybridized carbons (Fsp3) is 0.538. The van der Waals surface area contributed by atoms with Crippen LogP contribution in [0.5, 0.6) is 0 Å². The van der Waals surface area contributed by atoms with Crippen LogP contribution in [0.4, 0.5) is 0 Å². The largest absolute Gasteiger partial charge is 0.330 e. The molecule has 1 saturated carbocycles. The van der Waals surface area contributed by atoms with Crippen LogP contribution in [0, 0.1) is 5.92 Å². The van der Waals surface area contributed by atoms with Crippen LogP contribution in [-0.2, 0) is 10.0 Å². The summed E-state index contributed by atoms with van der Waals surface area (Å²) in [5.74, 6) is 0.185. The fourth-order valence-electron chi connectivity index (χ4n) is 2.60. The maximum absolute atomic E-state index is 12.4. The number of halogens is 2. The molecular weight excluding hydrogens is 319 g/mol. The predicted octanol–water partition coefficient (Wildman–Crippen LogP) is 2.79. The van der Waals surface area contributed by atoms with Crippen LogP contribution in [-0.4, -0.2) is 21.0 Å². The fourth-order valence-corrected chi connectivity index (χ4v) is 4.71. The molecule has 0 radical (unpaired) electrons. The van der Waals surface area contributed by atoms with Crippen molar-refractivity contribution in [2.24, 2.45) is 11.7 Å². The summed E-state index contributed by atoms with van der Waals surface area (Å²) in [5.41, 5.74) is 5.72. The van der Waals surface area contributed by atoms with Gasteiger partial charge in [-0.2, -0.15) is 0 Å². The molecule has 0 spiro atoms. The Bertz CT molecular complexity index is 578. The molecule has 1 aliphatic rings. The van der Waals surface area contributed by atoms with Crippen molar-refractivity contribution in [1.82, 2.24) is 4.72 Å². The Morgan fingerprint density at radius 1 is 1.25 bits per heavy atom. The van der Waals surface area contributed by atoms with E-state index in [1.807, 2.05) is 0 Å². The van der Waals surface area contributed by atoms with E-state index in [2.05, 4.69) is 4.72 Å². The van der Waals surface area contributed by atoms with Gasteiger partial charge in [0.2, 0.25) is 10.0 Å². The Hall–Kier alpha value is -0.330. The summed E-state index contributed by atoms with van der Waals surface area (Å²) < 4.78 is 27.6. The first-order valence-electron chi connectivity index (χ1n) is 6.61. The number of rotatable bonds is 4. The first kappa shape index (κ1) is 16.0. The van der Waals surface area contributed by atoms with E-state index in [4.69, 9.17) is 28.9 Å². The zero-order valence-electron chi connectivity index (χ0n) is 11.0. The minimum Gasteiger partial charge on any atom is -0.330 e. The van der Waals surface area contributed by atoms with Crippen LogP contribution in [0.2, 0.25) is 10.0 Å². The second kappa shape index (κ2) is 6.62. The van der Waals surface area contributed by atoms with Crippen LogP contribution in [0.15, 0.2) is 23.1 Å². The molecule has 2 unspecified atom stereocenters. The third-order valence-corrected chi connectivity index (χ3v) is 5.91. The van der Waals surface area contributed by atoms with Gasteiger partial charge in [-0.1, -0.05) is 36.0 Å². The monoisotopic (exact) mass is 336 g/mol. The van der Waals surface area contributed by atoms with Crippen LogP contribution in [0.3, 0.4) is 0 Å². The van der Waals surface area contributed by atoms with Gasteiger partial charge in [-0.05, 0) is 43.5 Å². The van der Waals surface area contributed by atoms with Gasteiger partial charge in [0.25, 0.3) is 0 Å². The summed E-state index contributed by atoms with van der Waals surface area (Å²) in [4.78, 5) is 0.0601. The quantitative estimate of drug-likeness (QED) is 0.887. The lowest BCUT2D eigenvalue weighted by Gasteiger charge is -2.31. The summed E-state index contributed by atoms with van der Waals surface area (Å²) in [6.07, 6.45) is 3.88. The van der Waals surface area contributed by atoms with Gasteiger partial charge in [-0.3, -0.25) is 0 Å². The van der Waals surface area contributed by atoms with E-state index in [9.17, 15) is 8.42 Å². The number of nitrogens with two attached hydrogens (primary N) is 1. The van der Waals surface area contributed by atoms with Gasteiger partial charge in [0, 0.05) is 11.1 Å². The SMILES string of the molecule is NCC1CCCCC1NS(=O)(=O)c1ccc(Cl)cc1Cl. The highest BCUT2D eigenvalue weighted by atomic mass is 35.5. The van der Waals surface area contributed by atoms with E-state index in [1.165, 1.54) is 18.2 Å². The molecule has 1 aromatic carbocycles. The maximum atomic E-state index is 12.4. The van der Waals surface area contributed by atoms with E-state index in [1.54, 1.807) is 0 Å². The van der Waals surface area contributed by atoms with Crippen molar-refractivity contribution in [1.29, 1.82) is 0 Å². The first-order valence-corrected chi connectivity index (χ1v) is 8.85. The topological polar surface area (TPSA) is 72.2 Å². The van der Waals surface area contributed by atoms with E-state index in [0.717, 1.165) is 25.7 Å². The van der Waals surface area contributed by atoms with Crippen molar-refractivity contribution in [2.45, 2.75) is 36.6 Å². The molecule has 0 heterocycles. The van der Waals surface area contributed by atoms with Gasteiger partial charge in [-0.15, -0.1) is 0 Å². The Morgan fingerprint density at radius 2 is 1.95 bits per heavy atom. The molecule has 0 bridgehead atoms. The number of hydrogen-bond donors (Lipinski definition) is 2. The molecule has 112 valence electrons. The Balaban J connectivity index is 2.22. The third-order valence-electron chi connectivity index (χ3n) is 3.70. The number of nitrogens with one attached hydrogen (secondary N) is 1. The van der Waals surface area contributed by atoms with Gasteiger partial charge in [0.15, 0.2) is 0 Å². The van der Waals surface area contributed by atoms with Crippen molar-refractivity contribution >= 4 is 33.2 Å². The maximum Gasteiger partial charge on any atom is 0.242 e. The molecule has 1 aliphatic carbocycles. The molecule has 0 aliphatic heterocycles. The molecule has 20 heavy (non-hydrogen) atoms. The lowest BCUT2D eigenvalue weighted by molar-refractivity contribution is 0.296. The number of benzene rings is 1. The average Bonchev–Trinajstić information content (AvgIpc) is 2.38. The highest BCUT2D eigenvalue weighted by Gasteiger charge is 2.29. The van der Waals surface area contributed by atoms with Crippen LogP contribution in [0.25, 0.3) is 0 Å². The lowest BCUT2D eigenvalue weighted by Crippen LogP contribution is -2.44. The van der Waals surface area contributed by atoms with Crippen molar-refractivity contribution in [3.8, 4) is 0 Å². The smallest absolute Gasteiger partial charge is 0.242 e. The minimum absolute atomic E-state index is 0.0601. The zero-order valence-corrected chi connectivity index (χ0v) is 13.3. The molecular formula is C13H18Cl2N2O2S. The standard InChI is InChI=1S/C13H18Cl2N2O2S/c14-10-5-6-13(11(15)7-10)20(18,19)17-12-4-2-1-3-9(12)8-16/h5-7,9,12,17H,1-4,8,16H2. The van der Waals surface area contributed by atoms with Gasteiger partial charge in [0.05, 0.1) is 5.02 Å². The lowest BCUT2D eigenvalue weighted by atomic mass is 9.85. The second-order valence-corrected chi connectivity index (χ2v) is 7.61. The average molecular weight is 337 g/mol. The zero-order chi connectivity index (χ0) is 14.8. The molecule has 2 atom stereocenters. The van der Waals surface area contributed by atoms with Gasteiger partial charge in [0.1, 0.15) is 4.90 Å². The van der Waals surface area contributed by atoms with E-state index < -0.39 is 10.0 Å². The van der Waals surface area contributed by atoms with Gasteiger partial charge < -0.3 is 5.73 Å².